The summed E-state index contributed by atoms with van der Waals surface area (Å²) in [6.07, 6.45) is 2.93. The number of pyridine rings is 1. The number of piperazine rings is 1. The lowest BCUT2D eigenvalue weighted by Gasteiger charge is -2.37. The number of fused-ring (bicyclic) bond motifs is 1. The number of nitrogens with zero attached hydrogens (tertiary/aromatic N) is 5. The standard InChI is InChI=1S/C22H27N5O4S/c28-22(29)27-14-13-26(19-3-1-2-4-20(19)27)21-8-7-18(15-23-21)24-9-11-25(12-10-24)32(30,31)16-17-5-6-17/h1-4,7-8,15,17H,5-6,9-14,16H2,(H,28,29). The number of hydrogen-bond donors (Lipinski definition) is 1. The van der Waals surface area contributed by atoms with Crippen LogP contribution < -0.4 is 14.7 Å². The molecule has 32 heavy (non-hydrogen) atoms. The maximum absolute atomic E-state index is 12.5. The Morgan fingerprint density at radius 2 is 1.69 bits per heavy atom. The second-order valence-corrected chi connectivity index (χ2v) is 10.6. The molecule has 3 heterocycles. The van der Waals surface area contributed by atoms with Gasteiger partial charge in [0.05, 0.1) is 29.0 Å². The van der Waals surface area contributed by atoms with Crippen LogP contribution in [-0.4, -0.2) is 73.9 Å². The Labute approximate surface area is 187 Å². The smallest absolute Gasteiger partial charge is 0.411 e. The van der Waals surface area contributed by atoms with Crippen molar-refractivity contribution in [2.45, 2.75) is 12.8 Å². The molecule has 2 aliphatic heterocycles. The van der Waals surface area contributed by atoms with Crippen molar-refractivity contribution in [3.63, 3.8) is 0 Å². The Morgan fingerprint density at radius 3 is 2.31 bits per heavy atom. The van der Waals surface area contributed by atoms with Gasteiger partial charge in [-0.05, 0) is 43.0 Å². The maximum atomic E-state index is 12.5. The number of anilines is 4. The molecule has 0 spiro atoms. The predicted octanol–water partition coefficient (Wildman–Crippen LogP) is 2.58. The highest BCUT2D eigenvalue weighted by molar-refractivity contribution is 7.89. The summed E-state index contributed by atoms with van der Waals surface area (Å²) in [5.41, 5.74) is 2.43. The summed E-state index contributed by atoms with van der Waals surface area (Å²) in [5.74, 6) is 1.41. The summed E-state index contributed by atoms with van der Waals surface area (Å²) in [5, 5.41) is 9.48. The number of aromatic nitrogens is 1. The predicted molar refractivity (Wildman–Crippen MR) is 123 cm³/mol. The van der Waals surface area contributed by atoms with Crippen LogP contribution in [0.3, 0.4) is 0 Å². The third-order valence-electron chi connectivity index (χ3n) is 6.39. The number of rotatable bonds is 5. The van der Waals surface area contributed by atoms with Crippen LogP contribution in [0, 0.1) is 5.92 Å². The largest absolute Gasteiger partial charge is 0.465 e. The molecular weight excluding hydrogens is 430 g/mol. The van der Waals surface area contributed by atoms with Gasteiger partial charge in [-0.15, -0.1) is 0 Å². The third kappa shape index (κ3) is 4.12. The van der Waals surface area contributed by atoms with Gasteiger partial charge >= 0.3 is 6.09 Å². The van der Waals surface area contributed by atoms with E-state index in [0.717, 1.165) is 30.0 Å². The molecule has 10 heteroatoms. The van der Waals surface area contributed by atoms with Crippen LogP contribution >= 0.6 is 0 Å². The average molecular weight is 458 g/mol. The normalized spacial score (nSPS) is 19.7. The molecule has 0 atom stereocenters. The maximum Gasteiger partial charge on any atom is 0.411 e. The zero-order valence-corrected chi connectivity index (χ0v) is 18.6. The second-order valence-electron chi connectivity index (χ2n) is 8.56. The molecule has 1 aromatic carbocycles. The molecule has 5 rings (SSSR count). The fraction of sp³-hybridized carbons (Fsp3) is 0.455. The monoisotopic (exact) mass is 457 g/mol. The van der Waals surface area contributed by atoms with Gasteiger partial charge in [-0.2, -0.15) is 4.31 Å². The molecule has 1 saturated carbocycles. The van der Waals surface area contributed by atoms with E-state index >= 15 is 0 Å². The lowest BCUT2D eigenvalue weighted by atomic mass is 10.1. The first-order valence-corrected chi connectivity index (χ1v) is 12.6. The number of benzene rings is 1. The molecule has 0 bridgehead atoms. The first-order valence-electron chi connectivity index (χ1n) is 11.0. The van der Waals surface area contributed by atoms with E-state index in [2.05, 4.69) is 9.88 Å². The summed E-state index contributed by atoms with van der Waals surface area (Å²) >= 11 is 0. The average Bonchev–Trinajstić information content (AvgIpc) is 3.62. The van der Waals surface area contributed by atoms with Crippen molar-refractivity contribution in [1.29, 1.82) is 0 Å². The first-order chi connectivity index (χ1) is 15.4. The molecule has 0 unspecified atom stereocenters. The van der Waals surface area contributed by atoms with Gasteiger partial charge in [0, 0.05) is 39.3 Å². The first kappa shape index (κ1) is 21.0. The van der Waals surface area contributed by atoms with Gasteiger partial charge in [-0.3, -0.25) is 4.90 Å². The number of carboxylic acid groups (broad SMARTS) is 1. The fourth-order valence-corrected chi connectivity index (χ4v) is 6.29. The minimum atomic E-state index is -3.15. The van der Waals surface area contributed by atoms with Crippen LogP contribution in [0.2, 0.25) is 0 Å². The van der Waals surface area contributed by atoms with Crippen molar-refractivity contribution in [1.82, 2.24) is 9.29 Å². The molecule has 170 valence electrons. The van der Waals surface area contributed by atoms with Crippen molar-refractivity contribution < 1.29 is 18.3 Å². The van der Waals surface area contributed by atoms with E-state index in [-0.39, 0.29) is 0 Å². The SMILES string of the molecule is O=C(O)N1CCN(c2ccc(N3CCN(S(=O)(=O)CC4CC4)CC3)cn2)c2ccccc21. The molecule has 2 aromatic rings. The summed E-state index contributed by atoms with van der Waals surface area (Å²) in [6.45, 7) is 3.18. The van der Waals surface area contributed by atoms with Crippen molar-refractivity contribution in [2.75, 3.05) is 59.7 Å². The number of amides is 1. The Hall–Kier alpha value is -2.85. The molecule has 3 aliphatic rings. The summed E-state index contributed by atoms with van der Waals surface area (Å²) in [6, 6.07) is 11.4. The van der Waals surface area contributed by atoms with Crippen molar-refractivity contribution in [2.24, 2.45) is 5.92 Å². The van der Waals surface area contributed by atoms with Gasteiger partial charge in [0.2, 0.25) is 10.0 Å². The summed E-state index contributed by atoms with van der Waals surface area (Å²) < 4.78 is 26.7. The minimum Gasteiger partial charge on any atom is -0.465 e. The zero-order chi connectivity index (χ0) is 22.3. The quantitative estimate of drug-likeness (QED) is 0.737. The molecule has 1 aromatic heterocycles. The van der Waals surface area contributed by atoms with Crippen LogP contribution in [0.1, 0.15) is 12.8 Å². The van der Waals surface area contributed by atoms with E-state index < -0.39 is 16.1 Å². The van der Waals surface area contributed by atoms with E-state index in [0.29, 0.717) is 56.6 Å². The van der Waals surface area contributed by atoms with Crippen molar-refractivity contribution in [3.8, 4) is 0 Å². The molecule has 1 aliphatic carbocycles. The number of hydrogen-bond acceptors (Lipinski definition) is 6. The van der Waals surface area contributed by atoms with E-state index in [9.17, 15) is 18.3 Å². The van der Waals surface area contributed by atoms with E-state index in [1.54, 1.807) is 10.4 Å². The highest BCUT2D eigenvalue weighted by atomic mass is 32.2. The van der Waals surface area contributed by atoms with Gasteiger partial charge in [-0.1, -0.05) is 12.1 Å². The highest BCUT2D eigenvalue weighted by Crippen LogP contribution is 2.37. The van der Waals surface area contributed by atoms with E-state index in [4.69, 9.17) is 0 Å². The lowest BCUT2D eigenvalue weighted by Crippen LogP contribution is -2.49. The molecule has 9 nitrogen and oxygen atoms in total. The topological polar surface area (TPSA) is 97.3 Å². The Bertz CT molecular complexity index is 1100. The second kappa shape index (κ2) is 8.25. The van der Waals surface area contributed by atoms with Gasteiger partial charge in [0.15, 0.2) is 0 Å². The molecular formula is C22H27N5O4S. The van der Waals surface area contributed by atoms with Crippen LogP contribution in [0.5, 0.6) is 0 Å². The van der Waals surface area contributed by atoms with Crippen molar-refractivity contribution >= 4 is 39.0 Å². The van der Waals surface area contributed by atoms with Crippen LogP contribution in [-0.2, 0) is 10.0 Å². The molecule has 0 radical (unpaired) electrons. The van der Waals surface area contributed by atoms with E-state index in [1.165, 1.54) is 4.90 Å². The fourth-order valence-electron chi connectivity index (χ4n) is 4.44. The lowest BCUT2D eigenvalue weighted by molar-refractivity contribution is 0.201. The van der Waals surface area contributed by atoms with Gasteiger partial charge in [0.1, 0.15) is 5.82 Å². The molecule has 1 amide bonds. The van der Waals surface area contributed by atoms with Crippen LogP contribution in [0.4, 0.5) is 27.7 Å². The Kier molecular flexibility index (Phi) is 5.42. The molecule has 1 saturated heterocycles. The van der Waals surface area contributed by atoms with Crippen molar-refractivity contribution in [3.05, 3.63) is 42.6 Å². The van der Waals surface area contributed by atoms with Gasteiger partial charge in [0.25, 0.3) is 0 Å². The van der Waals surface area contributed by atoms with Gasteiger partial charge in [-0.25, -0.2) is 18.2 Å². The molecule has 1 N–H and O–H groups in total. The number of carbonyl (C=O) groups is 1. The minimum absolute atomic E-state index is 0.292. The number of sulfonamides is 1. The van der Waals surface area contributed by atoms with Gasteiger partial charge < -0.3 is 14.9 Å². The Balaban J connectivity index is 1.27. The highest BCUT2D eigenvalue weighted by Gasteiger charge is 2.34. The number of para-hydroxylation sites is 2. The molecule has 2 fully saturated rings. The third-order valence-corrected chi connectivity index (χ3v) is 8.44. The summed E-state index contributed by atoms with van der Waals surface area (Å²) in [7, 11) is -3.15. The van der Waals surface area contributed by atoms with E-state index in [1.807, 2.05) is 41.4 Å². The zero-order valence-electron chi connectivity index (χ0n) is 17.8. The van der Waals surface area contributed by atoms with Crippen LogP contribution in [0.15, 0.2) is 42.6 Å². The summed E-state index contributed by atoms with van der Waals surface area (Å²) in [4.78, 5) is 21.8. The van der Waals surface area contributed by atoms with Crippen LogP contribution in [0.25, 0.3) is 0 Å². The Morgan fingerprint density at radius 1 is 0.969 bits per heavy atom.